The third-order valence-corrected chi connectivity index (χ3v) is 2.63. The number of aromatic hydroxyl groups is 2. The van der Waals surface area contributed by atoms with Crippen LogP contribution in [0.5, 0.6) is 11.5 Å². The van der Waals surface area contributed by atoms with Crippen LogP contribution in [0.2, 0.25) is 0 Å². The summed E-state index contributed by atoms with van der Waals surface area (Å²) < 4.78 is 0. The molecule has 0 radical (unpaired) electrons. The van der Waals surface area contributed by atoms with Crippen LogP contribution in [0, 0.1) is 0 Å². The van der Waals surface area contributed by atoms with E-state index >= 15 is 0 Å². The number of thiol groups is 1. The van der Waals surface area contributed by atoms with Crippen molar-refractivity contribution in [1.82, 2.24) is 0 Å². The van der Waals surface area contributed by atoms with Gasteiger partial charge in [-0.1, -0.05) is 12.1 Å². The van der Waals surface area contributed by atoms with E-state index in [-0.39, 0.29) is 5.75 Å². The monoisotopic (exact) mass is 263 g/mol. The van der Waals surface area contributed by atoms with E-state index in [1.54, 1.807) is 30.3 Å². The number of hydrogen-bond acceptors (Lipinski definition) is 4. The first-order valence-corrected chi connectivity index (χ1v) is 5.88. The highest BCUT2D eigenvalue weighted by Crippen LogP contribution is 2.18. The van der Waals surface area contributed by atoms with E-state index in [1.165, 1.54) is 0 Å². The summed E-state index contributed by atoms with van der Waals surface area (Å²) in [6.45, 7) is 0. The Morgan fingerprint density at radius 1 is 0.889 bits per heavy atom. The molecule has 0 fully saturated rings. The molecule has 2 rings (SSSR count). The van der Waals surface area contributed by atoms with Crippen LogP contribution in [0.15, 0.2) is 53.4 Å². The minimum absolute atomic E-state index is 0.232. The molecule has 96 valence electrons. The van der Waals surface area contributed by atoms with Gasteiger partial charge in [-0.25, -0.2) is 0 Å². The van der Waals surface area contributed by atoms with Crippen molar-refractivity contribution in [3.05, 3.63) is 48.5 Å². The maximum absolute atomic E-state index is 8.92. The smallest absolute Gasteiger partial charge is 0.128 e. The second-order valence-corrected chi connectivity index (χ2v) is 4.38. The molecule has 2 aromatic rings. The van der Waals surface area contributed by atoms with Crippen LogP contribution in [0.25, 0.3) is 0 Å². The van der Waals surface area contributed by atoms with Gasteiger partial charge in [0.15, 0.2) is 0 Å². The molecule has 0 aliphatic rings. The SMILES string of the molecule is CN(C)c1ccc(O)cc1.Oc1ccccc1S. The first kappa shape index (κ1) is 14.3. The summed E-state index contributed by atoms with van der Waals surface area (Å²) >= 11 is 3.95. The number of phenols is 2. The van der Waals surface area contributed by atoms with Gasteiger partial charge in [-0.15, -0.1) is 12.6 Å². The number of hydrogen-bond donors (Lipinski definition) is 3. The summed E-state index contributed by atoms with van der Waals surface area (Å²) in [5.41, 5.74) is 1.10. The molecule has 0 saturated carbocycles. The largest absolute Gasteiger partial charge is 0.508 e. The molecule has 0 aromatic heterocycles. The maximum Gasteiger partial charge on any atom is 0.128 e. The summed E-state index contributed by atoms with van der Waals surface area (Å²) in [7, 11) is 3.93. The third kappa shape index (κ3) is 4.59. The Labute approximate surface area is 113 Å². The average Bonchev–Trinajstić information content (AvgIpc) is 2.34. The Hall–Kier alpha value is -1.81. The highest BCUT2D eigenvalue weighted by molar-refractivity contribution is 7.80. The molecule has 2 N–H and O–H groups in total. The fourth-order valence-corrected chi connectivity index (χ4v) is 1.38. The molecular formula is C14H17NO2S. The molecular weight excluding hydrogens is 246 g/mol. The molecule has 0 bridgehead atoms. The number of para-hydroxylation sites is 1. The topological polar surface area (TPSA) is 43.7 Å². The van der Waals surface area contributed by atoms with Crippen LogP contribution >= 0.6 is 12.6 Å². The lowest BCUT2D eigenvalue weighted by Gasteiger charge is -2.11. The average molecular weight is 263 g/mol. The van der Waals surface area contributed by atoms with E-state index in [4.69, 9.17) is 10.2 Å². The van der Waals surface area contributed by atoms with Gasteiger partial charge in [-0.05, 0) is 36.4 Å². The van der Waals surface area contributed by atoms with Gasteiger partial charge in [-0.3, -0.25) is 0 Å². The molecule has 18 heavy (non-hydrogen) atoms. The number of nitrogens with zero attached hydrogens (tertiary/aromatic N) is 1. The molecule has 0 spiro atoms. The first-order valence-electron chi connectivity index (χ1n) is 5.44. The van der Waals surface area contributed by atoms with Gasteiger partial charge in [0.05, 0.1) is 0 Å². The van der Waals surface area contributed by atoms with E-state index in [0.29, 0.717) is 10.6 Å². The van der Waals surface area contributed by atoms with Crippen LogP contribution < -0.4 is 4.90 Å². The lowest BCUT2D eigenvalue weighted by Crippen LogP contribution is -2.07. The maximum atomic E-state index is 8.92. The zero-order valence-corrected chi connectivity index (χ0v) is 11.3. The molecule has 0 unspecified atom stereocenters. The summed E-state index contributed by atoms with van der Waals surface area (Å²) in [5, 5.41) is 17.8. The Morgan fingerprint density at radius 2 is 1.44 bits per heavy atom. The molecule has 0 heterocycles. The van der Waals surface area contributed by atoms with E-state index < -0.39 is 0 Å². The number of rotatable bonds is 1. The molecule has 3 nitrogen and oxygen atoms in total. The van der Waals surface area contributed by atoms with Crippen LogP contribution in [0.1, 0.15) is 0 Å². The van der Waals surface area contributed by atoms with Crippen LogP contribution in [0.4, 0.5) is 5.69 Å². The molecule has 4 heteroatoms. The van der Waals surface area contributed by atoms with Gasteiger partial charge in [0.1, 0.15) is 11.5 Å². The Bertz CT molecular complexity index is 462. The van der Waals surface area contributed by atoms with Crippen LogP contribution in [0.3, 0.4) is 0 Å². The van der Waals surface area contributed by atoms with Crippen molar-refractivity contribution >= 4 is 18.3 Å². The standard InChI is InChI=1S/C8H11NO.C6H6OS/c1-9(2)7-3-5-8(10)6-4-7;7-5-3-1-2-4-6(5)8/h3-6,10H,1-2H3;1-4,7-8H. The van der Waals surface area contributed by atoms with Crippen molar-refractivity contribution in [1.29, 1.82) is 0 Å². The normalized spacial score (nSPS) is 9.28. The molecule has 0 aliphatic carbocycles. The van der Waals surface area contributed by atoms with Gasteiger partial charge in [-0.2, -0.15) is 0 Å². The van der Waals surface area contributed by atoms with Gasteiger partial charge in [0, 0.05) is 24.7 Å². The lowest BCUT2D eigenvalue weighted by atomic mass is 10.3. The van der Waals surface area contributed by atoms with Crippen molar-refractivity contribution in [3.63, 3.8) is 0 Å². The van der Waals surface area contributed by atoms with Gasteiger partial charge in [0.25, 0.3) is 0 Å². The van der Waals surface area contributed by atoms with E-state index in [0.717, 1.165) is 5.69 Å². The molecule has 0 saturated heterocycles. The highest BCUT2D eigenvalue weighted by atomic mass is 32.1. The van der Waals surface area contributed by atoms with Crippen molar-refractivity contribution in [2.45, 2.75) is 4.90 Å². The number of phenolic OH excluding ortho intramolecular Hbond substituents is 2. The molecule has 0 atom stereocenters. The highest BCUT2D eigenvalue weighted by Gasteiger charge is 1.92. The predicted octanol–water partition coefficient (Wildman–Crippen LogP) is 3.14. The quantitative estimate of drug-likeness (QED) is 0.693. The Kier molecular flexibility index (Phi) is 5.39. The van der Waals surface area contributed by atoms with E-state index in [1.807, 2.05) is 37.2 Å². The zero-order chi connectivity index (χ0) is 13.5. The van der Waals surface area contributed by atoms with E-state index in [2.05, 4.69) is 12.6 Å². The predicted molar refractivity (Wildman–Crippen MR) is 77.8 cm³/mol. The number of benzene rings is 2. The van der Waals surface area contributed by atoms with Crippen molar-refractivity contribution < 1.29 is 10.2 Å². The summed E-state index contributed by atoms with van der Waals surface area (Å²) in [6.07, 6.45) is 0. The Morgan fingerprint density at radius 3 is 1.83 bits per heavy atom. The van der Waals surface area contributed by atoms with Gasteiger partial charge >= 0.3 is 0 Å². The second-order valence-electron chi connectivity index (χ2n) is 3.90. The summed E-state index contributed by atoms with van der Waals surface area (Å²) in [4.78, 5) is 2.60. The minimum Gasteiger partial charge on any atom is -0.508 e. The van der Waals surface area contributed by atoms with Gasteiger partial charge < -0.3 is 15.1 Å². The molecule has 2 aromatic carbocycles. The zero-order valence-electron chi connectivity index (χ0n) is 10.4. The van der Waals surface area contributed by atoms with Gasteiger partial charge in [0.2, 0.25) is 0 Å². The van der Waals surface area contributed by atoms with Crippen LogP contribution in [-0.2, 0) is 0 Å². The summed E-state index contributed by atoms with van der Waals surface area (Å²) in [6, 6.07) is 14.0. The number of anilines is 1. The lowest BCUT2D eigenvalue weighted by molar-refractivity contribution is 0.462. The molecule has 0 aliphatic heterocycles. The van der Waals surface area contributed by atoms with Crippen molar-refractivity contribution in [2.24, 2.45) is 0 Å². The first-order chi connectivity index (χ1) is 8.50. The fraction of sp³-hybridized carbons (Fsp3) is 0.143. The fourth-order valence-electron chi connectivity index (χ4n) is 1.21. The van der Waals surface area contributed by atoms with Crippen LogP contribution in [-0.4, -0.2) is 24.3 Å². The van der Waals surface area contributed by atoms with Crippen molar-refractivity contribution in [3.8, 4) is 11.5 Å². The summed E-state index contributed by atoms with van der Waals surface area (Å²) in [5.74, 6) is 0.543. The minimum atomic E-state index is 0.232. The Balaban J connectivity index is 0.000000184. The molecule has 0 amide bonds. The third-order valence-electron chi connectivity index (χ3n) is 2.25. The van der Waals surface area contributed by atoms with Crippen molar-refractivity contribution in [2.75, 3.05) is 19.0 Å². The second kappa shape index (κ2) is 6.81. The van der Waals surface area contributed by atoms with E-state index in [9.17, 15) is 0 Å².